The average Bonchev–Trinajstić information content (AvgIpc) is 2.80. The Bertz CT molecular complexity index is 853. The molecular weight excluding hydrogens is 482 g/mol. The third kappa shape index (κ3) is 10.4. The number of carbonyl (C=O) groups is 1. The number of carbonyl (C=O) groups excluding carboxylic acids is 1. The zero-order valence-electron chi connectivity index (χ0n) is 25.4. The van der Waals surface area contributed by atoms with Crippen molar-refractivity contribution in [1.82, 2.24) is 5.32 Å². The van der Waals surface area contributed by atoms with Crippen LogP contribution in [0, 0.1) is 38.5 Å². The summed E-state index contributed by atoms with van der Waals surface area (Å²) in [5.41, 5.74) is 4.24. The second-order valence-corrected chi connectivity index (χ2v) is 12.4. The summed E-state index contributed by atoms with van der Waals surface area (Å²) in [6, 6.07) is 0. The van der Waals surface area contributed by atoms with Gasteiger partial charge in [-0.3, -0.25) is 4.79 Å². The molecule has 4 nitrogen and oxygen atoms in total. The molecule has 1 aliphatic heterocycles. The van der Waals surface area contributed by atoms with E-state index in [2.05, 4.69) is 53.8 Å². The Kier molecular flexibility index (Phi) is 14.6. The van der Waals surface area contributed by atoms with Crippen molar-refractivity contribution in [2.45, 2.75) is 132 Å². The molecule has 0 aliphatic carbocycles. The van der Waals surface area contributed by atoms with Crippen molar-refractivity contribution in [3.63, 3.8) is 0 Å². The van der Waals surface area contributed by atoms with Crippen LogP contribution in [-0.2, 0) is 11.2 Å². The van der Waals surface area contributed by atoms with E-state index in [0.29, 0.717) is 5.75 Å². The van der Waals surface area contributed by atoms with Crippen molar-refractivity contribution >= 4 is 18.4 Å². The van der Waals surface area contributed by atoms with Crippen molar-refractivity contribution < 1.29 is 14.3 Å². The van der Waals surface area contributed by atoms with Crippen molar-refractivity contribution in [1.29, 1.82) is 0 Å². The summed E-state index contributed by atoms with van der Waals surface area (Å²) >= 11 is 0. The highest BCUT2D eigenvalue weighted by Gasteiger charge is 2.34. The first kappa shape index (κ1) is 33.8. The number of esters is 1. The number of fused-ring (bicyclic) bond motifs is 1. The lowest BCUT2D eigenvalue weighted by Gasteiger charge is -2.38. The molecule has 0 spiro atoms. The fraction of sp³-hybridized carbons (Fsp3) is 0.781. The molecule has 0 saturated carbocycles. The van der Waals surface area contributed by atoms with Gasteiger partial charge in [-0.25, -0.2) is 0 Å². The number of hydrogen-bond acceptors (Lipinski definition) is 4. The molecule has 37 heavy (non-hydrogen) atoms. The molecule has 0 bridgehead atoms. The Labute approximate surface area is 234 Å². The molecule has 2 rings (SSSR count). The van der Waals surface area contributed by atoms with Crippen LogP contribution in [0.3, 0.4) is 0 Å². The number of rotatable bonds is 15. The number of benzene rings is 1. The lowest BCUT2D eigenvalue weighted by Crippen LogP contribution is -2.37. The van der Waals surface area contributed by atoms with Crippen LogP contribution in [0.4, 0.5) is 0 Å². The van der Waals surface area contributed by atoms with Crippen LogP contribution in [0.1, 0.15) is 121 Å². The minimum absolute atomic E-state index is 0. The van der Waals surface area contributed by atoms with Crippen molar-refractivity contribution in [2.24, 2.45) is 17.8 Å². The van der Waals surface area contributed by atoms with Crippen molar-refractivity contribution in [3.8, 4) is 11.5 Å². The molecule has 214 valence electrons. The lowest BCUT2D eigenvalue weighted by atomic mass is 9.83. The van der Waals surface area contributed by atoms with Gasteiger partial charge in [-0.05, 0) is 94.9 Å². The summed E-state index contributed by atoms with van der Waals surface area (Å²) in [4.78, 5) is 12.1. The number of halogens is 1. The van der Waals surface area contributed by atoms with Gasteiger partial charge in [-0.2, -0.15) is 0 Å². The van der Waals surface area contributed by atoms with E-state index in [1.165, 1.54) is 56.9 Å². The maximum Gasteiger partial charge on any atom is 0.325 e. The van der Waals surface area contributed by atoms with E-state index in [-0.39, 0.29) is 30.5 Å². The van der Waals surface area contributed by atoms with Gasteiger partial charge in [0.05, 0.1) is 6.54 Å². The monoisotopic (exact) mass is 537 g/mol. The highest BCUT2D eigenvalue weighted by Crippen LogP contribution is 2.45. The molecule has 3 unspecified atom stereocenters. The Morgan fingerprint density at radius 3 is 2.05 bits per heavy atom. The first-order chi connectivity index (χ1) is 17.0. The highest BCUT2D eigenvalue weighted by molar-refractivity contribution is 5.85. The predicted molar refractivity (Wildman–Crippen MR) is 160 cm³/mol. The van der Waals surface area contributed by atoms with E-state index in [1.54, 1.807) is 7.05 Å². The number of hydrogen-bond donors (Lipinski definition) is 1. The smallest absolute Gasteiger partial charge is 0.325 e. The summed E-state index contributed by atoms with van der Waals surface area (Å²) < 4.78 is 12.4. The van der Waals surface area contributed by atoms with Crippen molar-refractivity contribution in [2.75, 3.05) is 13.6 Å². The lowest BCUT2D eigenvalue weighted by molar-refractivity contribution is -0.133. The third-order valence-corrected chi connectivity index (χ3v) is 8.38. The standard InChI is InChI=1S/C32H55NO3.ClH/c1-22(2)13-10-14-23(3)15-11-16-24(4)17-12-19-32(8)20-18-28-27(7)30(35-29(34)21-33-9)25(5)26(6)31(28)36-32;/h22-24,33H,10-21H2,1-9H3;1H. The maximum absolute atomic E-state index is 12.1. The zero-order valence-corrected chi connectivity index (χ0v) is 26.2. The number of nitrogens with one attached hydrogen (secondary N) is 1. The van der Waals surface area contributed by atoms with E-state index < -0.39 is 0 Å². The minimum Gasteiger partial charge on any atom is -0.487 e. The molecule has 1 N–H and O–H groups in total. The molecule has 0 fully saturated rings. The Balaban J connectivity index is 0.00000684. The van der Waals surface area contributed by atoms with Gasteiger partial charge in [-0.15, -0.1) is 12.4 Å². The van der Waals surface area contributed by atoms with E-state index in [1.807, 2.05) is 6.92 Å². The Hall–Kier alpha value is -1.26. The SMILES string of the molecule is CNCC(=O)Oc1c(C)c(C)c2c(c1C)CCC(C)(CCCC(C)CCCC(C)CCCC(C)C)O2.Cl. The summed E-state index contributed by atoms with van der Waals surface area (Å²) in [6.45, 7) is 18.2. The summed E-state index contributed by atoms with van der Waals surface area (Å²) in [5, 5.41) is 2.87. The minimum atomic E-state index is -0.251. The van der Waals surface area contributed by atoms with Crippen LogP contribution in [0.25, 0.3) is 0 Å². The Morgan fingerprint density at radius 2 is 1.49 bits per heavy atom. The molecule has 0 aromatic heterocycles. The summed E-state index contributed by atoms with van der Waals surface area (Å²) in [5.74, 6) is 3.97. The zero-order chi connectivity index (χ0) is 26.9. The molecule has 0 radical (unpaired) electrons. The van der Waals surface area contributed by atoms with Crippen LogP contribution in [0.2, 0.25) is 0 Å². The first-order valence-corrected chi connectivity index (χ1v) is 14.6. The first-order valence-electron chi connectivity index (χ1n) is 14.6. The van der Waals surface area contributed by atoms with Gasteiger partial charge in [-0.1, -0.05) is 72.6 Å². The van der Waals surface area contributed by atoms with Crippen LogP contribution in [0.5, 0.6) is 11.5 Å². The van der Waals surface area contributed by atoms with Gasteiger partial charge in [0.25, 0.3) is 0 Å². The molecule has 5 heteroatoms. The highest BCUT2D eigenvalue weighted by atomic mass is 35.5. The fourth-order valence-electron chi connectivity index (χ4n) is 5.71. The summed E-state index contributed by atoms with van der Waals surface area (Å²) in [6.07, 6.45) is 13.8. The van der Waals surface area contributed by atoms with Gasteiger partial charge in [0, 0.05) is 5.56 Å². The molecular formula is C32H56ClNO3. The van der Waals surface area contributed by atoms with E-state index in [4.69, 9.17) is 9.47 Å². The quantitative estimate of drug-likeness (QED) is 0.179. The van der Waals surface area contributed by atoms with Crippen LogP contribution in [0.15, 0.2) is 0 Å². The topological polar surface area (TPSA) is 47.6 Å². The van der Waals surface area contributed by atoms with Crippen LogP contribution >= 0.6 is 12.4 Å². The van der Waals surface area contributed by atoms with Gasteiger partial charge >= 0.3 is 5.97 Å². The molecule has 1 aromatic carbocycles. The van der Waals surface area contributed by atoms with E-state index in [0.717, 1.165) is 59.5 Å². The molecule has 0 saturated heterocycles. The third-order valence-electron chi connectivity index (χ3n) is 8.38. The second-order valence-electron chi connectivity index (χ2n) is 12.4. The number of ether oxygens (including phenoxy) is 2. The van der Waals surface area contributed by atoms with Crippen LogP contribution in [-0.4, -0.2) is 25.2 Å². The predicted octanol–water partition coefficient (Wildman–Crippen LogP) is 8.68. The Morgan fingerprint density at radius 1 is 0.919 bits per heavy atom. The normalized spacial score (nSPS) is 18.5. The molecule has 1 aromatic rings. The molecule has 3 atom stereocenters. The van der Waals surface area contributed by atoms with Crippen molar-refractivity contribution in [3.05, 3.63) is 22.3 Å². The average molecular weight is 538 g/mol. The van der Waals surface area contributed by atoms with Gasteiger partial charge in [0.1, 0.15) is 17.1 Å². The van der Waals surface area contributed by atoms with Gasteiger partial charge < -0.3 is 14.8 Å². The molecule has 1 heterocycles. The molecule has 1 aliphatic rings. The van der Waals surface area contributed by atoms with Gasteiger partial charge in [0.2, 0.25) is 0 Å². The van der Waals surface area contributed by atoms with Crippen LogP contribution < -0.4 is 14.8 Å². The van der Waals surface area contributed by atoms with E-state index in [9.17, 15) is 4.79 Å². The second kappa shape index (κ2) is 16.0. The van der Waals surface area contributed by atoms with E-state index >= 15 is 0 Å². The van der Waals surface area contributed by atoms with Gasteiger partial charge in [0.15, 0.2) is 0 Å². The number of likely N-dealkylation sites (N-methyl/N-ethyl adjacent to an activating group) is 1. The summed E-state index contributed by atoms with van der Waals surface area (Å²) in [7, 11) is 1.75. The maximum atomic E-state index is 12.1. The molecule has 0 amide bonds. The largest absolute Gasteiger partial charge is 0.487 e. The fourth-order valence-corrected chi connectivity index (χ4v) is 5.71.